The Morgan fingerprint density at radius 3 is 2.45 bits per heavy atom. The van der Waals surface area contributed by atoms with Gasteiger partial charge in [0.15, 0.2) is 0 Å². The normalized spacial score (nSPS) is 11.0. The predicted molar refractivity (Wildman–Crippen MR) is 102 cm³/mol. The van der Waals surface area contributed by atoms with Crippen LogP contribution in [0.3, 0.4) is 0 Å². The smallest absolute Gasteiger partial charge is 0.295 e. The second-order valence-electron chi connectivity index (χ2n) is 5.85. The fourth-order valence-corrected chi connectivity index (χ4v) is 2.53. The summed E-state index contributed by atoms with van der Waals surface area (Å²) in [5.74, 6) is -0.444. The Bertz CT molecular complexity index is 1180. The molecule has 3 rings (SSSR count). The molecule has 29 heavy (non-hydrogen) atoms. The summed E-state index contributed by atoms with van der Waals surface area (Å²) in [6, 6.07) is 8.31. The lowest BCUT2D eigenvalue weighted by molar-refractivity contribution is -0.393. The molecule has 12 heteroatoms. The summed E-state index contributed by atoms with van der Waals surface area (Å²) in [5, 5.41) is 28.6. The third-order valence-corrected chi connectivity index (χ3v) is 3.97. The molecule has 1 heterocycles. The van der Waals surface area contributed by atoms with E-state index in [0.29, 0.717) is 11.4 Å². The van der Waals surface area contributed by atoms with Gasteiger partial charge in [-0.3, -0.25) is 35.5 Å². The van der Waals surface area contributed by atoms with E-state index in [1.807, 2.05) is 0 Å². The van der Waals surface area contributed by atoms with Crippen LogP contribution in [-0.2, 0) is 0 Å². The molecule has 0 aliphatic carbocycles. The number of aryl methyl sites for hydroxylation is 1. The Hall–Kier alpha value is -4.35. The fourth-order valence-electron chi connectivity index (χ4n) is 2.53. The van der Waals surface area contributed by atoms with Crippen LogP contribution < -0.4 is 11.0 Å². The van der Waals surface area contributed by atoms with E-state index < -0.39 is 32.6 Å². The summed E-state index contributed by atoms with van der Waals surface area (Å²) in [6.45, 7) is 1.62. The lowest BCUT2D eigenvalue weighted by Gasteiger charge is -2.01. The highest BCUT2D eigenvalue weighted by atomic mass is 19.1. The van der Waals surface area contributed by atoms with Crippen LogP contribution in [0.2, 0.25) is 0 Å². The highest BCUT2D eigenvalue weighted by molar-refractivity contribution is 5.81. The van der Waals surface area contributed by atoms with Crippen LogP contribution in [0.5, 0.6) is 0 Å². The van der Waals surface area contributed by atoms with E-state index >= 15 is 0 Å². The maximum atomic E-state index is 13.1. The number of hydrogen-bond donors (Lipinski definition) is 2. The number of nitrogens with zero attached hydrogens (tertiary/aromatic N) is 4. The number of hydrogen-bond acceptors (Lipinski definition) is 7. The average molecular weight is 400 g/mol. The first kappa shape index (κ1) is 19.4. The van der Waals surface area contributed by atoms with Crippen molar-refractivity contribution < 1.29 is 14.2 Å². The zero-order valence-corrected chi connectivity index (χ0v) is 14.8. The first-order valence-corrected chi connectivity index (χ1v) is 8.07. The lowest BCUT2D eigenvalue weighted by atomic mass is 10.2. The molecule has 0 aliphatic rings. The summed E-state index contributed by atoms with van der Waals surface area (Å²) in [5.41, 5.74) is 1.95. The van der Waals surface area contributed by atoms with Gasteiger partial charge in [0.1, 0.15) is 11.5 Å². The van der Waals surface area contributed by atoms with E-state index in [-0.39, 0.29) is 11.3 Å². The molecule has 0 atom stereocenters. The van der Waals surface area contributed by atoms with E-state index in [9.17, 15) is 29.4 Å². The van der Waals surface area contributed by atoms with E-state index in [2.05, 4.69) is 15.6 Å². The van der Waals surface area contributed by atoms with Gasteiger partial charge in [-0.1, -0.05) is 0 Å². The molecule has 2 N–H and O–H groups in total. The second kappa shape index (κ2) is 7.72. The van der Waals surface area contributed by atoms with Crippen molar-refractivity contribution >= 4 is 23.3 Å². The minimum atomic E-state index is -0.784. The number of nitrogens with one attached hydrogen (secondary N) is 2. The molecule has 0 saturated carbocycles. The van der Waals surface area contributed by atoms with Crippen molar-refractivity contribution in [1.82, 2.24) is 9.78 Å². The van der Waals surface area contributed by atoms with Gasteiger partial charge in [0.2, 0.25) is 0 Å². The largest absolute Gasteiger partial charge is 0.301 e. The minimum absolute atomic E-state index is 0.0797. The zero-order valence-electron chi connectivity index (χ0n) is 14.8. The number of aromatic amines is 1. The number of hydrazone groups is 1. The van der Waals surface area contributed by atoms with Crippen LogP contribution in [0.1, 0.15) is 11.3 Å². The molecule has 0 bridgehead atoms. The molecule has 0 saturated heterocycles. The number of anilines is 1. The molecule has 1 aromatic heterocycles. The van der Waals surface area contributed by atoms with E-state index in [4.69, 9.17) is 0 Å². The number of benzene rings is 2. The Labute approximate surface area is 161 Å². The van der Waals surface area contributed by atoms with Crippen LogP contribution in [0.15, 0.2) is 52.4 Å². The number of nitro groups is 2. The van der Waals surface area contributed by atoms with Gasteiger partial charge in [-0.2, -0.15) is 5.10 Å². The van der Waals surface area contributed by atoms with Crippen molar-refractivity contribution in [3.63, 3.8) is 0 Å². The molecule has 3 aromatic rings. The lowest BCUT2D eigenvalue weighted by Crippen LogP contribution is -2.17. The molecular formula is C17H13FN6O5. The number of H-pyrrole nitrogens is 1. The topological polar surface area (TPSA) is 148 Å². The Morgan fingerprint density at radius 1 is 1.14 bits per heavy atom. The summed E-state index contributed by atoms with van der Waals surface area (Å²) in [4.78, 5) is 32.9. The van der Waals surface area contributed by atoms with Crippen LogP contribution in [0.25, 0.3) is 5.69 Å². The number of aromatic nitrogens is 2. The van der Waals surface area contributed by atoms with Crippen molar-refractivity contribution in [2.45, 2.75) is 6.92 Å². The predicted octanol–water partition coefficient (Wildman–Crippen LogP) is 2.88. The van der Waals surface area contributed by atoms with Gasteiger partial charge >= 0.3 is 5.69 Å². The molecule has 2 aromatic carbocycles. The monoisotopic (exact) mass is 400 g/mol. The Balaban J connectivity index is 1.88. The highest BCUT2D eigenvalue weighted by Crippen LogP contribution is 2.28. The number of non-ortho nitro benzene ring substituents is 1. The third-order valence-electron chi connectivity index (χ3n) is 3.97. The van der Waals surface area contributed by atoms with Gasteiger partial charge in [-0.05, 0) is 37.3 Å². The summed E-state index contributed by atoms with van der Waals surface area (Å²) >= 11 is 0. The number of nitro benzene ring substituents is 2. The molecule has 0 unspecified atom stereocenters. The number of rotatable bonds is 6. The van der Waals surface area contributed by atoms with Crippen LogP contribution >= 0.6 is 0 Å². The first-order chi connectivity index (χ1) is 13.8. The molecule has 11 nitrogen and oxygen atoms in total. The van der Waals surface area contributed by atoms with Crippen LogP contribution in [0.4, 0.5) is 21.5 Å². The molecule has 0 fully saturated rings. The fraction of sp³-hybridized carbons (Fsp3) is 0.0588. The van der Waals surface area contributed by atoms with Gasteiger partial charge in [0, 0.05) is 11.8 Å². The standard InChI is InChI=1S/C17H13FN6O5/c1-10-14(17(25)22(21-10)12-4-2-11(18)3-5-12)9-19-20-15-7-6-13(23(26)27)8-16(15)24(28)29/h2-9,20-21H,1H3. The van der Waals surface area contributed by atoms with Crippen molar-refractivity contribution in [3.8, 4) is 5.69 Å². The summed E-state index contributed by atoms with van der Waals surface area (Å²) in [6.07, 6.45) is 1.17. The van der Waals surface area contributed by atoms with E-state index in [1.54, 1.807) is 6.92 Å². The van der Waals surface area contributed by atoms with Crippen molar-refractivity contribution in [3.05, 3.63) is 90.1 Å². The Morgan fingerprint density at radius 2 is 1.83 bits per heavy atom. The third kappa shape index (κ3) is 4.00. The van der Waals surface area contributed by atoms with E-state index in [1.165, 1.54) is 35.2 Å². The molecule has 0 spiro atoms. The zero-order chi connectivity index (χ0) is 21.1. The number of halogens is 1. The van der Waals surface area contributed by atoms with Crippen molar-refractivity contribution in [1.29, 1.82) is 0 Å². The van der Waals surface area contributed by atoms with Crippen molar-refractivity contribution in [2.24, 2.45) is 5.10 Å². The first-order valence-electron chi connectivity index (χ1n) is 8.07. The highest BCUT2D eigenvalue weighted by Gasteiger charge is 2.19. The second-order valence-corrected chi connectivity index (χ2v) is 5.85. The van der Waals surface area contributed by atoms with E-state index in [0.717, 1.165) is 18.2 Å². The van der Waals surface area contributed by atoms with Gasteiger partial charge in [-0.25, -0.2) is 9.07 Å². The SMILES string of the molecule is Cc1[nH]n(-c2ccc(F)cc2)c(=O)c1C=NNc1ccc([N+](=O)[O-])cc1[N+](=O)[O-]. The minimum Gasteiger partial charge on any atom is -0.295 e. The van der Waals surface area contributed by atoms with Crippen molar-refractivity contribution in [2.75, 3.05) is 5.43 Å². The van der Waals surface area contributed by atoms with Gasteiger partial charge in [0.05, 0.1) is 33.4 Å². The van der Waals surface area contributed by atoms with Gasteiger partial charge in [0.25, 0.3) is 11.2 Å². The summed E-state index contributed by atoms with van der Waals surface area (Å²) in [7, 11) is 0. The molecule has 0 aliphatic heterocycles. The quantitative estimate of drug-likeness (QED) is 0.369. The Kier molecular flexibility index (Phi) is 5.17. The molecule has 148 valence electrons. The van der Waals surface area contributed by atoms with Crippen LogP contribution in [-0.4, -0.2) is 25.8 Å². The molecule has 0 radical (unpaired) electrons. The maximum Gasteiger partial charge on any atom is 0.301 e. The van der Waals surface area contributed by atoms with Gasteiger partial charge in [-0.15, -0.1) is 0 Å². The molecular weight excluding hydrogens is 387 g/mol. The maximum absolute atomic E-state index is 13.1. The van der Waals surface area contributed by atoms with Crippen LogP contribution in [0, 0.1) is 33.0 Å². The van der Waals surface area contributed by atoms with Gasteiger partial charge < -0.3 is 0 Å². The average Bonchev–Trinajstić information content (AvgIpc) is 2.96. The molecule has 0 amide bonds. The summed E-state index contributed by atoms with van der Waals surface area (Å²) < 4.78 is 14.3.